The molecule has 25 heavy (non-hydrogen) atoms. The van der Waals surface area contributed by atoms with Crippen molar-refractivity contribution in [1.29, 1.82) is 0 Å². The van der Waals surface area contributed by atoms with Crippen LogP contribution in [0.15, 0.2) is 53.9 Å². The molecular formula is C18H22N6S. The molecule has 6 nitrogen and oxygen atoms in total. The van der Waals surface area contributed by atoms with Crippen molar-refractivity contribution < 1.29 is 0 Å². The number of nitrogens with one attached hydrogen (secondary N) is 2. The van der Waals surface area contributed by atoms with Gasteiger partial charge in [-0.25, -0.2) is 4.98 Å². The maximum atomic E-state index is 4.29. The molecule has 0 saturated carbocycles. The number of aryl methyl sites for hydroxylation is 1. The predicted octanol–water partition coefficient (Wildman–Crippen LogP) is 2.56. The number of hydrogen-bond acceptors (Lipinski definition) is 4. The smallest absolute Gasteiger partial charge is 0.191 e. The summed E-state index contributed by atoms with van der Waals surface area (Å²) in [6.45, 7) is 4.20. The minimum Gasteiger partial charge on any atom is -0.352 e. The fourth-order valence-corrected chi connectivity index (χ4v) is 3.24. The average Bonchev–Trinajstić information content (AvgIpc) is 3.28. The Labute approximate surface area is 151 Å². The van der Waals surface area contributed by atoms with Crippen molar-refractivity contribution in [3.05, 3.63) is 69.9 Å². The number of thiazole rings is 1. The summed E-state index contributed by atoms with van der Waals surface area (Å²) in [5.41, 5.74) is 2.47. The second-order valence-electron chi connectivity index (χ2n) is 5.60. The van der Waals surface area contributed by atoms with E-state index in [1.54, 1.807) is 24.6 Å². The van der Waals surface area contributed by atoms with Crippen molar-refractivity contribution in [2.45, 2.75) is 26.6 Å². The summed E-state index contributed by atoms with van der Waals surface area (Å²) in [7, 11) is 1.78. The molecule has 0 aliphatic rings. The first kappa shape index (κ1) is 17.2. The van der Waals surface area contributed by atoms with Crippen molar-refractivity contribution >= 4 is 17.3 Å². The molecule has 0 amide bonds. The van der Waals surface area contributed by atoms with Crippen molar-refractivity contribution in [2.75, 3.05) is 7.05 Å². The van der Waals surface area contributed by atoms with Crippen LogP contribution in [0.3, 0.4) is 0 Å². The molecule has 0 spiro atoms. The Kier molecular flexibility index (Phi) is 5.79. The Morgan fingerprint density at radius 2 is 1.96 bits per heavy atom. The number of benzene rings is 1. The molecule has 1 aromatic carbocycles. The summed E-state index contributed by atoms with van der Waals surface area (Å²) in [4.78, 5) is 9.76. The third-order valence-corrected chi connectivity index (χ3v) is 4.69. The number of rotatable bonds is 6. The third-order valence-electron chi connectivity index (χ3n) is 3.78. The monoisotopic (exact) mass is 354 g/mol. The van der Waals surface area contributed by atoms with Gasteiger partial charge < -0.3 is 10.6 Å². The molecule has 0 atom stereocenters. The second kappa shape index (κ2) is 8.43. The van der Waals surface area contributed by atoms with E-state index in [-0.39, 0.29) is 0 Å². The van der Waals surface area contributed by atoms with Gasteiger partial charge in [0.15, 0.2) is 5.96 Å². The first-order valence-corrected chi connectivity index (χ1v) is 8.96. The molecule has 0 unspecified atom stereocenters. The number of guanidine groups is 1. The average molecular weight is 354 g/mol. The van der Waals surface area contributed by atoms with Crippen LogP contribution in [0.5, 0.6) is 0 Å². The predicted molar refractivity (Wildman–Crippen MR) is 102 cm³/mol. The zero-order chi connectivity index (χ0) is 17.5. The molecule has 2 aromatic heterocycles. The lowest BCUT2D eigenvalue weighted by molar-refractivity contribution is 0.677. The molecule has 0 aliphatic carbocycles. The lowest BCUT2D eigenvalue weighted by Crippen LogP contribution is -2.36. The highest BCUT2D eigenvalue weighted by molar-refractivity contribution is 7.11. The van der Waals surface area contributed by atoms with Gasteiger partial charge in [-0.1, -0.05) is 24.3 Å². The number of nitrogens with zero attached hydrogens (tertiary/aromatic N) is 4. The fraction of sp³-hybridized carbons (Fsp3) is 0.278. The summed E-state index contributed by atoms with van der Waals surface area (Å²) >= 11 is 1.69. The standard InChI is InChI=1S/C18H22N6S/c1-14-20-11-17(25-14)12-22-18(19-2)21-10-15-6-3-4-7-16(15)13-24-9-5-8-23-24/h3-9,11H,10,12-13H2,1-2H3,(H2,19,21,22). The van der Waals surface area contributed by atoms with Gasteiger partial charge in [-0.2, -0.15) is 5.10 Å². The Morgan fingerprint density at radius 1 is 1.16 bits per heavy atom. The number of hydrogen-bond donors (Lipinski definition) is 2. The highest BCUT2D eigenvalue weighted by atomic mass is 32.1. The normalized spacial score (nSPS) is 11.5. The van der Waals surface area contributed by atoms with E-state index in [1.807, 2.05) is 30.1 Å². The van der Waals surface area contributed by atoms with E-state index in [0.29, 0.717) is 6.54 Å². The fourth-order valence-electron chi connectivity index (χ4n) is 2.51. The van der Waals surface area contributed by atoms with Gasteiger partial charge in [0.1, 0.15) is 0 Å². The highest BCUT2D eigenvalue weighted by Gasteiger charge is 2.05. The molecule has 0 saturated heterocycles. The van der Waals surface area contributed by atoms with E-state index in [9.17, 15) is 0 Å². The molecule has 2 N–H and O–H groups in total. The third kappa shape index (κ3) is 4.90. The first-order chi connectivity index (χ1) is 12.2. The van der Waals surface area contributed by atoms with Gasteiger partial charge in [-0.3, -0.25) is 9.67 Å². The molecular weight excluding hydrogens is 332 g/mol. The molecule has 130 valence electrons. The number of aliphatic imine (C=N–C) groups is 1. The molecule has 0 fully saturated rings. The van der Waals surface area contributed by atoms with Gasteiger partial charge in [-0.15, -0.1) is 11.3 Å². The van der Waals surface area contributed by atoms with E-state index < -0.39 is 0 Å². The minimum absolute atomic E-state index is 0.707. The molecule has 0 aliphatic heterocycles. The number of aromatic nitrogens is 3. The van der Waals surface area contributed by atoms with E-state index in [2.05, 4.69) is 50.0 Å². The van der Waals surface area contributed by atoms with Gasteiger partial charge >= 0.3 is 0 Å². The lowest BCUT2D eigenvalue weighted by atomic mass is 10.1. The van der Waals surface area contributed by atoms with Crippen LogP contribution >= 0.6 is 11.3 Å². The van der Waals surface area contributed by atoms with Crippen LogP contribution in [0.2, 0.25) is 0 Å². The van der Waals surface area contributed by atoms with Gasteiger partial charge in [0, 0.05) is 37.1 Å². The van der Waals surface area contributed by atoms with E-state index >= 15 is 0 Å². The van der Waals surface area contributed by atoms with Gasteiger partial charge in [-0.05, 0) is 24.1 Å². The van der Waals surface area contributed by atoms with E-state index in [0.717, 1.165) is 24.1 Å². The van der Waals surface area contributed by atoms with Crippen LogP contribution in [0.1, 0.15) is 21.0 Å². The highest BCUT2D eigenvalue weighted by Crippen LogP contribution is 2.11. The molecule has 0 bridgehead atoms. The van der Waals surface area contributed by atoms with Crippen LogP contribution in [0.4, 0.5) is 0 Å². The van der Waals surface area contributed by atoms with E-state index in [1.165, 1.54) is 16.0 Å². The quantitative estimate of drug-likeness (QED) is 0.527. The van der Waals surface area contributed by atoms with Crippen LogP contribution in [0.25, 0.3) is 0 Å². The Balaban J connectivity index is 1.58. The van der Waals surface area contributed by atoms with Crippen molar-refractivity contribution in [3.8, 4) is 0 Å². The van der Waals surface area contributed by atoms with Crippen LogP contribution in [-0.4, -0.2) is 27.8 Å². The second-order valence-corrected chi connectivity index (χ2v) is 6.92. The molecule has 0 radical (unpaired) electrons. The largest absolute Gasteiger partial charge is 0.352 e. The maximum absolute atomic E-state index is 4.29. The SMILES string of the molecule is CN=C(NCc1cnc(C)s1)NCc1ccccc1Cn1cccn1. The summed E-state index contributed by atoms with van der Waals surface area (Å²) < 4.78 is 1.93. The van der Waals surface area contributed by atoms with Crippen LogP contribution in [0, 0.1) is 6.92 Å². The minimum atomic E-state index is 0.707. The summed E-state index contributed by atoms with van der Waals surface area (Å²) in [6.07, 6.45) is 5.68. The molecule has 3 rings (SSSR count). The van der Waals surface area contributed by atoms with Crippen molar-refractivity contribution in [1.82, 2.24) is 25.4 Å². The molecule has 3 aromatic rings. The summed E-state index contributed by atoms with van der Waals surface area (Å²) in [6, 6.07) is 10.3. The Morgan fingerprint density at radius 3 is 2.64 bits per heavy atom. The van der Waals surface area contributed by atoms with E-state index in [4.69, 9.17) is 0 Å². The van der Waals surface area contributed by atoms with Crippen LogP contribution < -0.4 is 10.6 Å². The van der Waals surface area contributed by atoms with Gasteiger partial charge in [0.2, 0.25) is 0 Å². The Bertz CT molecular complexity index is 822. The zero-order valence-electron chi connectivity index (χ0n) is 14.4. The Hall–Kier alpha value is -2.67. The molecule has 7 heteroatoms. The summed E-state index contributed by atoms with van der Waals surface area (Å²) in [5, 5.41) is 12.1. The van der Waals surface area contributed by atoms with Crippen molar-refractivity contribution in [2.24, 2.45) is 4.99 Å². The maximum Gasteiger partial charge on any atom is 0.191 e. The van der Waals surface area contributed by atoms with Gasteiger partial charge in [0.05, 0.1) is 18.1 Å². The topological polar surface area (TPSA) is 67.1 Å². The summed E-state index contributed by atoms with van der Waals surface area (Å²) in [5.74, 6) is 0.778. The van der Waals surface area contributed by atoms with Gasteiger partial charge in [0.25, 0.3) is 0 Å². The first-order valence-electron chi connectivity index (χ1n) is 8.14. The van der Waals surface area contributed by atoms with Crippen molar-refractivity contribution in [3.63, 3.8) is 0 Å². The van der Waals surface area contributed by atoms with Crippen LogP contribution in [-0.2, 0) is 19.6 Å². The zero-order valence-corrected chi connectivity index (χ0v) is 15.3. The molecule has 2 heterocycles. The lowest BCUT2D eigenvalue weighted by Gasteiger charge is -2.14.